The Balaban J connectivity index is 2.23. The van der Waals surface area contributed by atoms with Gasteiger partial charge in [0.1, 0.15) is 0 Å². The molecule has 134 valence electrons. The van der Waals surface area contributed by atoms with Gasteiger partial charge in [0.2, 0.25) is 0 Å². The zero-order chi connectivity index (χ0) is 19.0. The zero-order valence-electron chi connectivity index (χ0n) is 16.2. The quantitative estimate of drug-likeness (QED) is 0.225. The van der Waals surface area contributed by atoms with Crippen LogP contribution in [0.5, 0.6) is 0 Å². The molecule has 4 rings (SSSR count). The minimum Gasteiger partial charge on any atom is -0.0560 e. The van der Waals surface area contributed by atoms with Crippen LogP contribution in [-0.4, -0.2) is 0 Å². The molecule has 0 nitrogen and oxygen atoms in total. The van der Waals surface area contributed by atoms with E-state index >= 15 is 0 Å². The molecule has 0 fully saturated rings. The second kappa shape index (κ2) is 5.69. The summed E-state index contributed by atoms with van der Waals surface area (Å²) in [6.45, 7) is 13.6. The van der Waals surface area contributed by atoms with Crippen LogP contribution in [0.4, 0.5) is 0 Å². The molecule has 0 amide bonds. The Hall–Kier alpha value is -1.12. The molecule has 0 saturated carbocycles. The summed E-state index contributed by atoms with van der Waals surface area (Å²) >= 11 is 7.83. The molecule has 0 unspecified atom stereocenters. The predicted molar refractivity (Wildman–Crippen MR) is 123 cm³/mol. The number of hydrogen-bond donors (Lipinski definition) is 0. The van der Waals surface area contributed by atoms with E-state index in [1.165, 1.54) is 52.4 Å². The van der Waals surface area contributed by atoms with E-state index in [0.717, 1.165) is 0 Å². The molecule has 4 aromatic rings. The summed E-state index contributed by atoms with van der Waals surface area (Å²) in [5.41, 5.74) is 2.92. The highest BCUT2D eigenvalue weighted by molar-refractivity contribution is 9.11. The van der Waals surface area contributed by atoms with Crippen molar-refractivity contribution in [2.24, 2.45) is 0 Å². The van der Waals surface area contributed by atoms with Crippen molar-refractivity contribution in [3.63, 3.8) is 0 Å². The molecule has 0 radical (unpaired) electrons. The molecule has 0 aliphatic rings. The van der Waals surface area contributed by atoms with Crippen molar-refractivity contribution in [1.29, 1.82) is 0 Å². The van der Waals surface area contributed by atoms with E-state index in [-0.39, 0.29) is 10.8 Å². The van der Waals surface area contributed by atoms with Crippen LogP contribution in [0.15, 0.2) is 45.3 Å². The van der Waals surface area contributed by atoms with Crippen LogP contribution in [0.3, 0.4) is 0 Å². The van der Waals surface area contributed by atoms with Crippen molar-refractivity contribution in [3.05, 3.63) is 56.5 Å². The van der Waals surface area contributed by atoms with Crippen LogP contribution in [0.1, 0.15) is 52.7 Å². The van der Waals surface area contributed by atoms with E-state index in [1.54, 1.807) is 0 Å². The molecule has 0 N–H and O–H groups in total. The summed E-state index contributed by atoms with van der Waals surface area (Å²) in [7, 11) is 0. The molecule has 0 spiro atoms. The molecular weight excluding hydrogens is 448 g/mol. The first kappa shape index (κ1) is 18.3. The van der Waals surface area contributed by atoms with E-state index in [4.69, 9.17) is 0 Å². The summed E-state index contributed by atoms with van der Waals surface area (Å²) in [6, 6.07) is 13.8. The molecule has 0 saturated heterocycles. The summed E-state index contributed by atoms with van der Waals surface area (Å²) in [5.74, 6) is 0. The normalized spacial score (nSPS) is 13.4. The van der Waals surface area contributed by atoms with E-state index in [9.17, 15) is 0 Å². The number of rotatable bonds is 0. The minimum absolute atomic E-state index is 0.100. The lowest BCUT2D eigenvalue weighted by Gasteiger charge is -2.26. The van der Waals surface area contributed by atoms with E-state index in [0.29, 0.717) is 0 Å². The van der Waals surface area contributed by atoms with Crippen molar-refractivity contribution < 1.29 is 0 Å². The lowest BCUT2D eigenvalue weighted by atomic mass is 9.81. The van der Waals surface area contributed by atoms with Gasteiger partial charge in [0, 0.05) is 8.95 Å². The molecule has 0 aromatic heterocycles. The van der Waals surface area contributed by atoms with E-state index in [1.807, 2.05) is 0 Å². The van der Waals surface area contributed by atoms with Gasteiger partial charge >= 0.3 is 0 Å². The monoisotopic (exact) mass is 470 g/mol. The number of halogens is 2. The van der Waals surface area contributed by atoms with Crippen molar-refractivity contribution in [3.8, 4) is 0 Å². The largest absolute Gasteiger partial charge is 0.0560 e. The fraction of sp³-hybridized carbons (Fsp3) is 0.333. The van der Waals surface area contributed by atoms with Gasteiger partial charge in [-0.2, -0.15) is 0 Å². The Morgan fingerprint density at radius 2 is 0.923 bits per heavy atom. The Bertz CT molecular complexity index is 1060. The van der Waals surface area contributed by atoms with Gasteiger partial charge in [-0.1, -0.05) is 65.8 Å². The van der Waals surface area contributed by atoms with Gasteiger partial charge in [0.15, 0.2) is 0 Å². The summed E-state index contributed by atoms with van der Waals surface area (Å²) in [5, 5.41) is 7.98. The smallest absolute Gasteiger partial charge is 0.0291 e. The fourth-order valence-corrected chi connectivity index (χ4v) is 6.05. The van der Waals surface area contributed by atoms with Crippen LogP contribution in [0.2, 0.25) is 0 Å². The molecular formula is C24H24Br2. The predicted octanol–water partition coefficient (Wildman–Crippen LogP) is 8.70. The maximum absolute atomic E-state index is 3.92. The summed E-state index contributed by atoms with van der Waals surface area (Å²) in [4.78, 5) is 0. The Labute approximate surface area is 172 Å². The van der Waals surface area contributed by atoms with Crippen molar-refractivity contribution in [2.75, 3.05) is 0 Å². The molecule has 0 atom stereocenters. The highest BCUT2D eigenvalue weighted by Gasteiger charge is 2.24. The Kier molecular flexibility index (Phi) is 3.99. The van der Waals surface area contributed by atoms with Crippen LogP contribution in [0, 0.1) is 0 Å². The van der Waals surface area contributed by atoms with E-state index in [2.05, 4.69) is 110 Å². The first-order valence-electron chi connectivity index (χ1n) is 9.10. The SMILES string of the molecule is CC(C)(C)c1cc2ccc3c(Br)c(C(C)(C)C)cc4ccc(c1Br)c2c43. The number of benzene rings is 4. The molecule has 4 aromatic carbocycles. The lowest BCUT2D eigenvalue weighted by Crippen LogP contribution is -2.13. The third-order valence-corrected chi connectivity index (χ3v) is 7.10. The highest BCUT2D eigenvalue weighted by atomic mass is 79.9. The first-order valence-corrected chi connectivity index (χ1v) is 10.7. The van der Waals surface area contributed by atoms with Gasteiger partial charge in [-0.3, -0.25) is 0 Å². The maximum Gasteiger partial charge on any atom is 0.0291 e. The van der Waals surface area contributed by atoms with Crippen LogP contribution in [-0.2, 0) is 10.8 Å². The van der Waals surface area contributed by atoms with Gasteiger partial charge in [-0.25, -0.2) is 0 Å². The van der Waals surface area contributed by atoms with Crippen LogP contribution in [0.25, 0.3) is 32.3 Å². The topological polar surface area (TPSA) is 0 Å². The highest BCUT2D eigenvalue weighted by Crippen LogP contribution is 2.46. The van der Waals surface area contributed by atoms with Crippen molar-refractivity contribution in [1.82, 2.24) is 0 Å². The number of hydrogen-bond acceptors (Lipinski definition) is 0. The molecule has 2 heteroatoms. The zero-order valence-corrected chi connectivity index (χ0v) is 19.4. The standard InChI is InChI=1S/C24H24Br2/c1-23(2,3)17-11-13-7-10-16-20-14(8-9-15(19(13)20)21(17)25)12-18(22(16)26)24(4,5)6/h7-12H,1-6H3. The molecule has 0 heterocycles. The third kappa shape index (κ3) is 2.60. The summed E-state index contributed by atoms with van der Waals surface area (Å²) in [6.07, 6.45) is 0. The lowest BCUT2D eigenvalue weighted by molar-refractivity contribution is 0.588. The average molecular weight is 472 g/mol. The summed E-state index contributed by atoms with van der Waals surface area (Å²) < 4.78 is 2.45. The molecule has 26 heavy (non-hydrogen) atoms. The minimum atomic E-state index is 0.100. The van der Waals surface area contributed by atoms with Gasteiger partial charge in [0.05, 0.1) is 0 Å². The van der Waals surface area contributed by atoms with Gasteiger partial charge < -0.3 is 0 Å². The third-order valence-electron chi connectivity index (χ3n) is 5.39. The van der Waals surface area contributed by atoms with Gasteiger partial charge in [-0.05, 0) is 98.3 Å². The maximum atomic E-state index is 3.92. The molecule has 0 aliphatic heterocycles. The van der Waals surface area contributed by atoms with Gasteiger partial charge in [0.25, 0.3) is 0 Å². The van der Waals surface area contributed by atoms with Crippen LogP contribution >= 0.6 is 31.9 Å². The Morgan fingerprint density at radius 3 is 1.23 bits per heavy atom. The average Bonchev–Trinajstić information content (AvgIpc) is 2.53. The second-order valence-corrected chi connectivity index (χ2v) is 11.0. The van der Waals surface area contributed by atoms with E-state index < -0.39 is 0 Å². The van der Waals surface area contributed by atoms with Crippen LogP contribution < -0.4 is 0 Å². The van der Waals surface area contributed by atoms with Crippen molar-refractivity contribution >= 4 is 64.2 Å². The van der Waals surface area contributed by atoms with Crippen molar-refractivity contribution in [2.45, 2.75) is 52.4 Å². The first-order chi connectivity index (χ1) is 12.0. The molecule has 0 bridgehead atoms. The second-order valence-electron chi connectivity index (χ2n) is 9.40. The Morgan fingerprint density at radius 1 is 0.577 bits per heavy atom. The molecule has 0 aliphatic carbocycles. The fourth-order valence-electron chi connectivity index (χ4n) is 3.97. The van der Waals surface area contributed by atoms with Gasteiger partial charge in [-0.15, -0.1) is 0 Å².